The molecule has 0 saturated carbocycles. The number of methoxy groups -OCH3 is 1. The van der Waals surface area contributed by atoms with E-state index in [4.69, 9.17) is 9.47 Å². The molecular weight excluding hydrogens is 382 g/mol. The third kappa shape index (κ3) is 5.28. The number of aromatic nitrogens is 1. The van der Waals surface area contributed by atoms with Crippen LogP contribution in [0.25, 0.3) is 0 Å². The number of carbonyl (C=O) groups excluding carboxylic acids is 2. The lowest BCUT2D eigenvalue weighted by Gasteiger charge is -2.31. The van der Waals surface area contributed by atoms with Gasteiger partial charge in [0.1, 0.15) is 6.10 Å². The molecule has 7 nitrogen and oxygen atoms in total. The predicted molar refractivity (Wildman–Crippen MR) is 114 cm³/mol. The molecule has 0 unspecified atom stereocenters. The molecule has 0 N–H and O–H groups in total. The number of ether oxygens (including phenoxy) is 2. The van der Waals surface area contributed by atoms with Gasteiger partial charge in [-0.3, -0.25) is 14.6 Å². The molecule has 3 rings (SSSR count). The molecule has 1 fully saturated rings. The second kappa shape index (κ2) is 10.1. The summed E-state index contributed by atoms with van der Waals surface area (Å²) < 4.78 is 11.6. The zero-order chi connectivity index (χ0) is 21.5. The van der Waals surface area contributed by atoms with Crippen molar-refractivity contribution in [2.75, 3.05) is 26.7 Å². The largest absolute Gasteiger partial charge is 0.493 e. The molecule has 2 aromatic rings. The molecule has 0 atom stereocenters. The Bertz CT molecular complexity index is 864. The summed E-state index contributed by atoms with van der Waals surface area (Å²) in [6.07, 6.45) is 5.03. The Balaban J connectivity index is 1.68. The second-order valence-electron chi connectivity index (χ2n) is 7.36. The van der Waals surface area contributed by atoms with Crippen molar-refractivity contribution in [2.45, 2.75) is 39.3 Å². The number of nitrogens with zero attached hydrogens (tertiary/aromatic N) is 3. The first-order chi connectivity index (χ1) is 14.5. The summed E-state index contributed by atoms with van der Waals surface area (Å²) in [5, 5.41) is 0. The number of rotatable bonds is 7. The van der Waals surface area contributed by atoms with E-state index >= 15 is 0 Å². The van der Waals surface area contributed by atoms with E-state index < -0.39 is 0 Å². The van der Waals surface area contributed by atoms with Gasteiger partial charge in [-0.25, -0.2) is 0 Å². The van der Waals surface area contributed by atoms with Crippen molar-refractivity contribution in [2.24, 2.45) is 0 Å². The lowest BCUT2D eigenvalue weighted by Crippen LogP contribution is -2.40. The minimum Gasteiger partial charge on any atom is -0.493 e. The average Bonchev–Trinajstić information content (AvgIpc) is 2.78. The van der Waals surface area contributed by atoms with Crippen LogP contribution in [0.4, 0.5) is 0 Å². The van der Waals surface area contributed by atoms with E-state index in [2.05, 4.69) is 4.98 Å². The van der Waals surface area contributed by atoms with Gasteiger partial charge < -0.3 is 19.3 Å². The van der Waals surface area contributed by atoms with Gasteiger partial charge in [0.2, 0.25) is 5.91 Å². The van der Waals surface area contributed by atoms with Gasteiger partial charge in [0.05, 0.1) is 7.11 Å². The number of likely N-dealkylation sites (tertiary alicyclic amines) is 1. The quantitative estimate of drug-likeness (QED) is 0.700. The second-order valence-corrected chi connectivity index (χ2v) is 7.36. The summed E-state index contributed by atoms with van der Waals surface area (Å²) in [4.78, 5) is 32.1. The Labute approximate surface area is 177 Å². The number of benzene rings is 1. The maximum atomic E-state index is 13.0. The van der Waals surface area contributed by atoms with Crippen LogP contribution in [0.3, 0.4) is 0 Å². The van der Waals surface area contributed by atoms with Gasteiger partial charge in [-0.15, -0.1) is 0 Å². The lowest BCUT2D eigenvalue weighted by molar-refractivity contribution is -0.130. The fourth-order valence-corrected chi connectivity index (χ4v) is 3.58. The van der Waals surface area contributed by atoms with Crippen molar-refractivity contribution in [3.63, 3.8) is 0 Å². The van der Waals surface area contributed by atoms with E-state index in [0.29, 0.717) is 43.2 Å². The third-order valence-corrected chi connectivity index (χ3v) is 5.38. The normalized spacial score (nSPS) is 14.3. The number of hydrogen-bond donors (Lipinski definition) is 0. The van der Waals surface area contributed by atoms with Crippen LogP contribution in [0, 0.1) is 0 Å². The molecule has 1 aromatic heterocycles. The highest BCUT2D eigenvalue weighted by atomic mass is 16.5. The Morgan fingerprint density at radius 3 is 2.43 bits per heavy atom. The lowest BCUT2D eigenvalue weighted by atomic mass is 10.1. The minimum atomic E-state index is -0.0612. The predicted octanol–water partition coefficient (Wildman–Crippen LogP) is 3.14. The van der Waals surface area contributed by atoms with Crippen molar-refractivity contribution in [3.05, 3.63) is 53.9 Å². The van der Waals surface area contributed by atoms with Gasteiger partial charge in [0.15, 0.2) is 11.5 Å². The number of piperidine rings is 1. The summed E-state index contributed by atoms with van der Waals surface area (Å²) in [5.41, 5.74) is 1.59. The first kappa shape index (κ1) is 21.6. The van der Waals surface area contributed by atoms with Gasteiger partial charge in [-0.1, -0.05) is 0 Å². The van der Waals surface area contributed by atoms with Gasteiger partial charge >= 0.3 is 0 Å². The Morgan fingerprint density at radius 1 is 1.13 bits per heavy atom. The van der Waals surface area contributed by atoms with Gasteiger partial charge in [0.25, 0.3) is 5.91 Å². The molecule has 7 heteroatoms. The van der Waals surface area contributed by atoms with Gasteiger partial charge in [-0.2, -0.15) is 0 Å². The van der Waals surface area contributed by atoms with Crippen molar-refractivity contribution in [1.82, 2.24) is 14.8 Å². The Kier molecular flexibility index (Phi) is 7.27. The van der Waals surface area contributed by atoms with E-state index in [1.807, 2.05) is 24.0 Å². The molecule has 0 bridgehead atoms. The van der Waals surface area contributed by atoms with Crippen molar-refractivity contribution < 1.29 is 19.1 Å². The maximum absolute atomic E-state index is 13.0. The van der Waals surface area contributed by atoms with Gasteiger partial charge in [0, 0.05) is 63.9 Å². The molecule has 0 aliphatic carbocycles. The molecule has 1 aromatic carbocycles. The van der Waals surface area contributed by atoms with Crippen LogP contribution in [-0.4, -0.2) is 59.4 Å². The number of pyridine rings is 1. The highest BCUT2D eigenvalue weighted by Crippen LogP contribution is 2.31. The van der Waals surface area contributed by atoms with E-state index in [1.165, 1.54) is 0 Å². The SMILES string of the molecule is CCN(Cc1ccncc1)C(=O)c1ccc(OC2CCN(C(C)=O)CC2)c(OC)c1. The molecule has 1 aliphatic heterocycles. The van der Waals surface area contributed by atoms with E-state index in [1.54, 1.807) is 49.5 Å². The number of amides is 2. The molecule has 0 spiro atoms. The molecule has 1 aliphatic rings. The van der Waals surface area contributed by atoms with Crippen LogP contribution < -0.4 is 9.47 Å². The maximum Gasteiger partial charge on any atom is 0.254 e. The summed E-state index contributed by atoms with van der Waals surface area (Å²) in [7, 11) is 1.57. The van der Waals surface area contributed by atoms with E-state index in [0.717, 1.165) is 18.4 Å². The minimum absolute atomic E-state index is 0.0230. The molecule has 30 heavy (non-hydrogen) atoms. The standard InChI is InChI=1S/C23H29N3O4/c1-4-25(16-18-7-11-24-12-8-18)23(28)19-5-6-21(22(15-19)29-3)30-20-9-13-26(14-10-20)17(2)27/h5-8,11-12,15,20H,4,9-10,13-14,16H2,1-3H3. The summed E-state index contributed by atoms with van der Waals surface area (Å²) in [6, 6.07) is 9.12. The Hall–Kier alpha value is -3.09. The monoisotopic (exact) mass is 411 g/mol. The van der Waals surface area contributed by atoms with Crippen molar-refractivity contribution in [3.8, 4) is 11.5 Å². The molecule has 0 radical (unpaired) electrons. The first-order valence-electron chi connectivity index (χ1n) is 10.3. The zero-order valence-electron chi connectivity index (χ0n) is 17.8. The average molecular weight is 412 g/mol. The highest BCUT2D eigenvalue weighted by molar-refractivity contribution is 5.95. The van der Waals surface area contributed by atoms with Crippen LogP contribution in [0.2, 0.25) is 0 Å². The van der Waals surface area contributed by atoms with Crippen LogP contribution >= 0.6 is 0 Å². The molecule has 2 heterocycles. The van der Waals surface area contributed by atoms with Gasteiger partial charge in [-0.05, 0) is 42.8 Å². The smallest absolute Gasteiger partial charge is 0.254 e. The molecule has 2 amide bonds. The summed E-state index contributed by atoms with van der Waals surface area (Å²) >= 11 is 0. The van der Waals surface area contributed by atoms with Crippen LogP contribution in [0.1, 0.15) is 42.6 Å². The van der Waals surface area contributed by atoms with Crippen molar-refractivity contribution in [1.29, 1.82) is 0 Å². The molecule has 1 saturated heterocycles. The van der Waals surface area contributed by atoms with Crippen LogP contribution in [0.15, 0.2) is 42.7 Å². The zero-order valence-corrected chi connectivity index (χ0v) is 17.8. The van der Waals surface area contributed by atoms with Crippen LogP contribution in [0.5, 0.6) is 11.5 Å². The third-order valence-electron chi connectivity index (χ3n) is 5.38. The van der Waals surface area contributed by atoms with Crippen molar-refractivity contribution >= 4 is 11.8 Å². The van der Waals surface area contributed by atoms with E-state index in [9.17, 15) is 9.59 Å². The van der Waals surface area contributed by atoms with Crippen LogP contribution in [-0.2, 0) is 11.3 Å². The number of carbonyl (C=O) groups is 2. The van der Waals surface area contributed by atoms with E-state index in [-0.39, 0.29) is 17.9 Å². The molecular formula is C23H29N3O4. The summed E-state index contributed by atoms with van der Waals surface area (Å²) in [6.45, 7) is 6.05. The Morgan fingerprint density at radius 2 is 1.83 bits per heavy atom. The first-order valence-corrected chi connectivity index (χ1v) is 10.3. The fraction of sp³-hybridized carbons (Fsp3) is 0.435. The summed E-state index contributed by atoms with van der Waals surface area (Å²) in [5.74, 6) is 1.19. The number of hydrogen-bond acceptors (Lipinski definition) is 5. The molecule has 160 valence electrons. The topological polar surface area (TPSA) is 72.0 Å². The fourth-order valence-electron chi connectivity index (χ4n) is 3.58. The highest BCUT2D eigenvalue weighted by Gasteiger charge is 2.24.